The van der Waals surface area contributed by atoms with E-state index in [4.69, 9.17) is 9.15 Å². The van der Waals surface area contributed by atoms with E-state index in [-0.39, 0.29) is 0 Å². The van der Waals surface area contributed by atoms with Crippen molar-refractivity contribution in [3.63, 3.8) is 0 Å². The highest BCUT2D eigenvalue weighted by atomic mass is 32.1. The molecule has 0 spiro atoms. The van der Waals surface area contributed by atoms with Crippen LogP contribution in [0.15, 0.2) is 41.2 Å². The van der Waals surface area contributed by atoms with E-state index in [0.717, 1.165) is 26.7 Å². The molecule has 98 valence electrons. The molecule has 0 aliphatic rings. The first-order valence-corrected chi connectivity index (χ1v) is 6.95. The van der Waals surface area contributed by atoms with E-state index in [9.17, 15) is 0 Å². The first-order valence-electron chi connectivity index (χ1n) is 6.13. The van der Waals surface area contributed by atoms with Gasteiger partial charge >= 0.3 is 0 Å². The van der Waals surface area contributed by atoms with Crippen molar-refractivity contribution in [2.75, 3.05) is 11.9 Å². The van der Waals surface area contributed by atoms with Crippen LogP contribution in [-0.2, 0) is 6.54 Å². The van der Waals surface area contributed by atoms with Gasteiger partial charge in [-0.3, -0.25) is 0 Å². The number of thiazole rings is 1. The van der Waals surface area contributed by atoms with Crippen LogP contribution in [0.4, 0.5) is 5.13 Å². The second-order valence-electron chi connectivity index (χ2n) is 4.07. The summed E-state index contributed by atoms with van der Waals surface area (Å²) < 4.78 is 11.6. The van der Waals surface area contributed by atoms with E-state index < -0.39 is 0 Å². The van der Waals surface area contributed by atoms with Crippen molar-refractivity contribution in [3.05, 3.63) is 42.4 Å². The largest absolute Gasteiger partial charge is 0.494 e. The van der Waals surface area contributed by atoms with Crippen LogP contribution in [-0.4, -0.2) is 11.6 Å². The highest BCUT2D eigenvalue weighted by Gasteiger charge is 2.05. The van der Waals surface area contributed by atoms with E-state index in [1.807, 2.05) is 31.2 Å². The first kappa shape index (κ1) is 12.0. The summed E-state index contributed by atoms with van der Waals surface area (Å²) in [6.45, 7) is 3.37. The number of nitrogens with zero attached hydrogens (tertiary/aromatic N) is 1. The average molecular weight is 274 g/mol. The fourth-order valence-electron chi connectivity index (χ4n) is 1.81. The van der Waals surface area contributed by atoms with E-state index in [2.05, 4.69) is 10.3 Å². The standard InChI is InChI=1S/C14H14N2O2S/c1-2-18-11-3-4-12-13(7-11)19-14(16-12)15-8-10-5-6-17-9-10/h3-7,9H,2,8H2,1H3,(H,15,16). The molecule has 5 heteroatoms. The van der Waals surface area contributed by atoms with E-state index in [1.165, 1.54) is 0 Å². The summed E-state index contributed by atoms with van der Waals surface area (Å²) in [4.78, 5) is 4.53. The van der Waals surface area contributed by atoms with Gasteiger partial charge in [-0.15, -0.1) is 0 Å². The van der Waals surface area contributed by atoms with Gasteiger partial charge in [-0.2, -0.15) is 0 Å². The molecule has 3 aromatic rings. The number of benzene rings is 1. The van der Waals surface area contributed by atoms with Crippen LogP contribution < -0.4 is 10.1 Å². The number of nitrogens with one attached hydrogen (secondary N) is 1. The molecule has 0 aliphatic heterocycles. The Morgan fingerprint density at radius 3 is 3.11 bits per heavy atom. The second kappa shape index (κ2) is 5.32. The molecule has 2 aromatic heterocycles. The minimum absolute atomic E-state index is 0.676. The smallest absolute Gasteiger partial charge is 0.184 e. The topological polar surface area (TPSA) is 47.3 Å². The number of ether oxygens (including phenoxy) is 1. The van der Waals surface area contributed by atoms with Crippen LogP contribution in [0.3, 0.4) is 0 Å². The van der Waals surface area contributed by atoms with Crippen molar-refractivity contribution < 1.29 is 9.15 Å². The predicted molar refractivity (Wildman–Crippen MR) is 76.8 cm³/mol. The number of furan rings is 1. The highest BCUT2D eigenvalue weighted by Crippen LogP contribution is 2.29. The molecule has 19 heavy (non-hydrogen) atoms. The van der Waals surface area contributed by atoms with Crippen molar-refractivity contribution >= 4 is 26.7 Å². The Labute approximate surface area is 115 Å². The summed E-state index contributed by atoms with van der Waals surface area (Å²) in [5, 5.41) is 4.20. The van der Waals surface area contributed by atoms with Gasteiger partial charge < -0.3 is 14.5 Å². The molecular formula is C14H14N2O2S. The van der Waals surface area contributed by atoms with E-state index in [0.29, 0.717) is 13.2 Å². The van der Waals surface area contributed by atoms with Gasteiger partial charge in [0, 0.05) is 12.1 Å². The van der Waals surface area contributed by atoms with Crippen LogP contribution >= 0.6 is 11.3 Å². The Morgan fingerprint density at radius 2 is 2.32 bits per heavy atom. The van der Waals surface area contributed by atoms with Gasteiger partial charge in [0.2, 0.25) is 0 Å². The van der Waals surface area contributed by atoms with Crippen LogP contribution in [0.2, 0.25) is 0 Å². The van der Waals surface area contributed by atoms with Crippen molar-refractivity contribution in [2.24, 2.45) is 0 Å². The number of fused-ring (bicyclic) bond motifs is 1. The zero-order chi connectivity index (χ0) is 13.1. The maximum absolute atomic E-state index is 5.49. The van der Waals surface area contributed by atoms with Crippen LogP contribution in [0, 0.1) is 0 Å². The highest BCUT2D eigenvalue weighted by molar-refractivity contribution is 7.22. The Kier molecular flexibility index (Phi) is 3.37. The third kappa shape index (κ3) is 2.71. The molecule has 4 nitrogen and oxygen atoms in total. The van der Waals surface area contributed by atoms with Crippen LogP contribution in [0.25, 0.3) is 10.2 Å². The number of rotatable bonds is 5. The van der Waals surface area contributed by atoms with Crippen LogP contribution in [0.5, 0.6) is 5.75 Å². The predicted octanol–water partition coefficient (Wildman–Crippen LogP) is 3.90. The minimum Gasteiger partial charge on any atom is -0.494 e. The Hall–Kier alpha value is -2.01. The number of anilines is 1. The molecule has 0 saturated heterocycles. The zero-order valence-corrected chi connectivity index (χ0v) is 11.4. The third-order valence-electron chi connectivity index (χ3n) is 2.69. The molecule has 0 unspecified atom stereocenters. The summed E-state index contributed by atoms with van der Waals surface area (Å²) in [6.07, 6.45) is 3.40. The van der Waals surface area contributed by atoms with Gasteiger partial charge in [0.1, 0.15) is 5.75 Å². The summed E-state index contributed by atoms with van der Waals surface area (Å²) in [6, 6.07) is 7.90. The van der Waals surface area contributed by atoms with Crippen LogP contribution in [0.1, 0.15) is 12.5 Å². The Bertz CT molecular complexity index is 661. The van der Waals surface area contributed by atoms with Gasteiger partial charge in [0.25, 0.3) is 0 Å². The lowest BCUT2D eigenvalue weighted by Crippen LogP contribution is -1.96. The normalized spacial score (nSPS) is 10.8. The molecule has 0 atom stereocenters. The maximum atomic E-state index is 5.49. The Morgan fingerprint density at radius 1 is 1.37 bits per heavy atom. The summed E-state index contributed by atoms with van der Waals surface area (Å²) in [5.41, 5.74) is 2.09. The molecule has 1 aromatic carbocycles. The zero-order valence-electron chi connectivity index (χ0n) is 10.6. The fraction of sp³-hybridized carbons (Fsp3) is 0.214. The molecule has 3 rings (SSSR count). The molecule has 0 fully saturated rings. The lowest BCUT2D eigenvalue weighted by molar-refractivity contribution is 0.341. The Balaban J connectivity index is 1.77. The van der Waals surface area contributed by atoms with Gasteiger partial charge in [-0.25, -0.2) is 4.98 Å². The van der Waals surface area contributed by atoms with Crippen molar-refractivity contribution in [3.8, 4) is 5.75 Å². The second-order valence-corrected chi connectivity index (χ2v) is 5.10. The van der Waals surface area contributed by atoms with Gasteiger partial charge in [-0.05, 0) is 31.2 Å². The first-order chi connectivity index (χ1) is 9.35. The quantitative estimate of drug-likeness (QED) is 0.766. The summed E-state index contributed by atoms with van der Waals surface area (Å²) in [5.74, 6) is 0.889. The van der Waals surface area contributed by atoms with Crippen molar-refractivity contribution in [1.82, 2.24) is 4.98 Å². The molecule has 0 amide bonds. The number of hydrogen-bond acceptors (Lipinski definition) is 5. The van der Waals surface area contributed by atoms with Crippen molar-refractivity contribution in [1.29, 1.82) is 0 Å². The van der Waals surface area contributed by atoms with Crippen molar-refractivity contribution in [2.45, 2.75) is 13.5 Å². The molecule has 0 bridgehead atoms. The van der Waals surface area contributed by atoms with E-state index >= 15 is 0 Å². The monoisotopic (exact) mass is 274 g/mol. The van der Waals surface area contributed by atoms with Gasteiger partial charge in [-0.1, -0.05) is 11.3 Å². The third-order valence-corrected chi connectivity index (χ3v) is 3.67. The fourth-order valence-corrected chi connectivity index (χ4v) is 2.70. The molecule has 0 saturated carbocycles. The lowest BCUT2D eigenvalue weighted by Gasteiger charge is -2.00. The maximum Gasteiger partial charge on any atom is 0.184 e. The molecule has 2 heterocycles. The molecular weight excluding hydrogens is 260 g/mol. The number of hydrogen-bond donors (Lipinski definition) is 1. The van der Waals surface area contributed by atoms with Gasteiger partial charge in [0.05, 0.1) is 29.3 Å². The van der Waals surface area contributed by atoms with E-state index in [1.54, 1.807) is 23.9 Å². The van der Waals surface area contributed by atoms with Gasteiger partial charge in [0.15, 0.2) is 5.13 Å². The number of aromatic nitrogens is 1. The molecule has 1 N–H and O–H groups in total. The average Bonchev–Trinajstić information content (AvgIpc) is 3.05. The lowest BCUT2D eigenvalue weighted by atomic mass is 10.3. The molecule has 0 aliphatic carbocycles. The summed E-state index contributed by atoms with van der Waals surface area (Å²) in [7, 11) is 0. The minimum atomic E-state index is 0.676. The summed E-state index contributed by atoms with van der Waals surface area (Å²) >= 11 is 1.63. The molecule has 0 radical (unpaired) electrons. The SMILES string of the molecule is CCOc1ccc2nc(NCc3ccoc3)sc2c1.